The van der Waals surface area contributed by atoms with Crippen LogP contribution in [-0.4, -0.2) is 45.1 Å². The van der Waals surface area contributed by atoms with Crippen LogP contribution in [0.3, 0.4) is 0 Å². The Hall–Kier alpha value is -2.59. The molecule has 0 spiro atoms. The van der Waals surface area contributed by atoms with Crippen LogP contribution in [-0.2, 0) is 11.2 Å². The molecule has 2 aromatic rings. The van der Waals surface area contributed by atoms with E-state index >= 15 is 0 Å². The van der Waals surface area contributed by atoms with Crippen molar-refractivity contribution >= 4 is 11.6 Å². The second kappa shape index (κ2) is 9.07. The summed E-state index contributed by atoms with van der Waals surface area (Å²) in [6, 6.07) is 16.4. The van der Waals surface area contributed by atoms with Crippen molar-refractivity contribution in [1.82, 2.24) is 4.90 Å². The molecule has 2 atom stereocenters. The maximum Gasteiger partial charge on any atom is 0.231 e. The van der Waals surface area contributed by atoms with E-state index in [2.05, 4.69) is 41.8 Å². The van der Waals surface area contributed by atoms with Gasteiger partial charge in [0.05, 0.1) is 7.11 Å². The van der Waals surface area contributed by atoms with Crippen LogP contribution in [0.5, 0.6) is 5.75 Å². The number of anilines is 1. The third-order valence-electron chi connectivity index (χ3n) is 5.53. The Morgan fingerprint density at radius 1 is 1.18 bits per heavy atom. The molecule has 0 radical (unpaired) electrons. The molecule has 0 N–H and O–H groups in total. The second-order valence-corrected chi connectivity index (χ2v) is 7.64. The smallest absolute Gasteiger partial charge is 0.231 e. The molecule has 0 saturated heterocycles. The standard InChI is InChI=1S/C24H30N2O2/c1-5-8-21-22(18-11-13-20(28-4)14-12-18)17-19-9-6-7-10-23(19)26(24(21)27)16-15-25(2)3/h5-7,9-14,21-22H,1,8,15-17H2,2-4H3/t21-,22+/m0/s1. The Kier molecular flexibility index (Phi) is 6.53. The summed E-state index contributed by atoms with van der Waals surface area (Å²) < 4.78 is 5.31. The van der Waals surface area contributed by atoms with E-state index in [0.29, 0.717) is 13.0 Å². The average Bonchev–Trinajstić information content (AvgIpc) is 2.82. The van der Waals surface area contributed by atoms with Gasteiger partial charge in [0.2, 0.25) is 5.91 Å². The molecule has 1 amide bonds. The van der Waals surface area contributed by atoms with Crippen LogP contribution < -0.4 is 9.64 Å². The maximum absolute atomic E-state index is 13.7. The zero-order valence-corrected chi connectivity index (χ0v) is 17.1. The molecular formula is C24H30N2O2. The van der Waals surface area contributed by atoms with Crippen molar-refractivity contribution in [2.75, 3.05) is 39.2 Å². The Morgan fingerprint density at radius 2 is 1.89 bits per heavy atom. The summed E-state index contributed by atoms with van der Waals surface area (Å²) in [6.07, 6.45) is 3.38. The van der Waals surface area contributed by atoms with Crippen molar-refractivity contribution in [3.8, 4) is 5.75 Å². The van der Waals surface area contributed by atoms with E-state index in [4.69, 9.17) is 4.74 Å². The van der Waals surface area contributed by atoms with Gasteiger partial charge in [-0.15, -0.1) is 6.58 Å². The molecule has 1 aliphatic heterocycles. The van der Waals surface area contributed by atoms with Gasteiger partial charge in [0.25, 0.3) is 0 Å². The van der Waals surface area contributed by atoms with Gasteiger partial charge in [-0.3, -0.25) is 4.79 Å². The number of amides is 1. The van der Waals surface area contributed by atoms with Crippen LogP contribution >= 0.6 is 0 Å². The topological polar surface area (TPSA) is 32.8 Å². The number of carbonyl (C=O) groups is 1. The van der Waals surface area contributed by atoms with Gasteiger partial charge in [-0.1, -0.05) is 36.4 Å². The first-order chi connectivity index (χ1) is 13.5. The lowest BCUT2D eigenvalue weighted by Crippen LogP contribution is -2.41. The molecule has 148 valence electrons. The van der Waals surface area contributed by atoms with Crippen molar-refractivity contribution in [2.24, 2.45) is 5.92 Å². The van der Waals surface area contributed by atoms with E-state index in [1.54, 1.807) is 7.11 Å². The second-order valence-electron chi connectivity index (χ2n) is 7.64. The molecule has 0 aromatic heterocycles. The first kappa shape index (κ1) is 20.2. The SMILES string of the molecule is C=CC[C@@H]1C(=O)N(CCN(C)C)c2ccccc2C[C@@H]1c1ccc(OC)cc1. The fourth-order valence-electron chi connectivity index (χ4n) is 3.99. The van der Waals surface area contributed by atoms with Crippen molar-refractivity contribution in [3.05, 3.63) is 72.3 Å². The molecule has 0 bridgehead atoms. The third-order valence-corrected chi connectivity index (χ3v) is 5.53. The largest absolute Gasteiger partial charge is 0.497 e. The zero-order chi connectivity index (χ0) is 20.1. The lowest BCUT2D eigenvalue weighted by atomic mass is 9.80. The van der Waals surface area contributed by atoms with Crippen LogP contribution in [0, 0.1) is 5.92 Å². The summed E-state index contributed by atoms with van der Waals surface area (Å²) in [5, 5.41) is 0. The van der Waals surface area contributed by atoms with Crippen molar-refractivity contribution < 1.29 is 9.53 Å². The van der Waals surface area contributed by atoms with Crippen LogP contribution in [0.4, 0.5) is 5.69 Å². The number of rotatable bonds is 7. The highest BCUT2D eigenvalue weighted by Gasteiger charge is 2.36. The van der Waals surface area contributed by atoms with Crippen LogP contribution in [0.15, 0.2) is 61.2 Å². The fraction of sp³-hybridized carbons (Fsp3) is 0.375. The molecular weight excluding hydrogens is 348 g/mol. The number of nitrogens with zero attached hydrogens (tertiary/aromatic N) is 2. The summed E-state index contributed by atoms with van der Waals surface area (Å²) in [6.45, 7) is 5.44. The number of para-hydroxylation sites is 1. The van der Waals surface area contributed by atoms with Crippen LogP contribution in [0.2, 0.25) is 0 Å². The van der Waals surface area contributed by atoms with Gasteiger partial charge in [-0.05, 0) is 62.2 Å². The number of hydrogen-bond donors (Lipinski definition) is 0. The molecule has 0 unspecified atom stereocenters. The minimum absolute atomic E-state index is 0.113. The van der Waals surface area contributed by atoms with Gasteiger partial charge in [0.15, 0.2) is 0 Å². The first-order valence-electron chi connectivity index (χ1n) is 9.84. The predicted octanol–water partition coefficient (Wildman–Crippen LogP) is 4.12. The van der Waals surface area contributed by atoms with Gasteiger partial charge in [-0.25, -0.2) is 0 Å². The number of ether oxygens (including phenoxy) is 1. The van der Waals surface area contributed by atoms with Gasteiger partial charge < -0.3 is 14.5 Å². The van der Waals surface area contributed by atoms with E-state index in [-0.39, 0.29) is 17.7 Å². The lowest BCUT2D eigenvalue weighted by molar-refractivity contribution is -0.122. The molecule has 0 aliphatic carbocycles. The molecule has 0 fully saturated rings. The highest BCUT2D eigenvalue weighted by molar-refractivity contribution is 5.97. The van der Waals surface area contributed by atoms with E-state index in [9.17, 15) is 4.79 Å². The normalized spacial score (nSPS) is 19.3. The molecule has 0 saturated carbocycles. The lowest BCUT2D eigenvalue weighted by Gasteiger charge is -2.29. The molecule has 1 aliphatic rings. The summed E-state index contributed by atoms with van der Waals surface area (Å²) in [5.41, 5.74) is 3.44. The monoisotopic (exact) mass is 378 g/mol. The van der Waals surface area contributed by atoms with Crippen molar-refractivity contribution in [3.63, 3.8) is 0 Å². The third kappa shape index (κ3) is 4.28. The minimum atomic E-state index is -0.125. The van der Waals surface area contributed by atoms with Gasteiger partial charge >= 0.3 is 0 Å². The highest BCUT2D eigenvalue weighted by atomic mass is 16.5. The summed E-state index contributed by atoms with van der Waals surface area (Å²) in [7, 11) is 5.74. The van der Waals surface area contributed by atoms with Gasteiger partial charge in [0.1, 0.15) is 5.75 Å². The van der Waals surface area contributed by atoms with Crippen LogP contribution in [0.25, 0.3) is 0 Å². The quantitative estimate of drug-likeness (QED) is 0.680. The number of hydrogen-bond acceptors (Lipinski definition) is 3. The zero-order valence-electron chi connectivity index (χ0n) is 17.1. The molecule has 1 heterocycles. The van der Waals surface area contributed by atoms with Crippen molar-refractivity contribution in [2.45, 2.75) is 18.8 Å². The number of allylic oxidation sites excluding steroid dienone is 1. The number of likely N-dealkylation sites (N-methyl/N-ethyl adjacent to an activating group) is 1. The van der Waals surface area contributed by atoms with Crippen molar-refractivity contribution in [1.29, 1.82) is 0 Å². The van der Waals surface area contributed by atoms with E-state index in [1.165, 1.54) is 11.1 Å². The highest BCUT2D eigenvalue weighted by Crippen LogP contribution is 2.39. The Morgan fingerprint density at radius 3 is 2.54 bits per heavy atom. The molecule has 4 nitrogen and oxygen atoms in total. The summed E-state index contributed by atoms with van der Waals surface area (Å²) >= 11 is 0. The predicted molar refractivity (Wildman–Crippen MR) is 115 cm³/mol. The summed E-state index contributed by atoms with van der Waals surface area (Å²) in [4.78, 5) is 17.7. The fourth-order valence-corrected chi connectivity index (χ4v) is 3.99. The average molecular weight is 379 g/mol. The van der Waals surface area contributed by atoms with E-state index in [0.717, 1.165) is 24.4 Å². The van der Waals surface area contributed by atoms with E-state index in [1.807, 2.05) is 43.3 Å². The van der Waals surface area contributed by atoms with Gasteiger partial charge in [0, 0.05) is 24.7 Å². The summed E-state index contributed by atoms with van der Waals surface area (Å²) in [5.74, 6) is 1.01. The van der Waals surface area contributed by atoms with Gasteiger partial charge in [-0.2, -0.15) is 0 Å². The molecule has 28 heavy (non-hydrogen) atoms. The minimum Gasteiger partial charge on any atom is -0.497 e. The molecule has 4 heteroatoms. The Balaban J connectivity index is 2.03. The first-order valence-corrected chi connectivity index (χ1v) is 9.84. The van der Waals surface area contributed by atoms with E-state index < -0.39 is 0 Å². The maximum atomic E-state index is 13.7. The molecule has 2 aromatic carbocycles. The number of carbonyl (C=O) groups excluding carboxylic acids is 1. The Labute approximate surface area is 168 Å². The molecule has 3 rings (SSSR count). The Bertz CT molecular complexity index is 814. The van der Waals surface area contributed by atoms with Crippen LogP contribution in [0.1, 0.15) is 23.5 Å². The number of methoxy groups -OCH3 is 1. The number of fused-ring (bicyclic) bond motifs is 1. The number of benzene rings is 2.